The predicted molar refractivity (Wildman–Crippen MR) is 86.0 cm³/mol. The fourth-order valence-corrected chi connectivity index (χ4v) is 2.83. The van der Waals surface area contributed by atoms with Crippen LogP contribution in [0.15, 0.2) is 31.0 Å². The number of rotatable bonds is 5. The van der Waals surface area contributed by atoms with Crippen LogP contribution in [0.3, 0.4) is 0 Å². The molecule has 8 heteroatoms. The van der Waals surface area contributed by atoms with E-state index in [2.05, 4.69) is 20.4 Å². The maximum atomic E-state index is 12.4. The van der Waals surface area contributed by atoms with Crippen LogP contribution in [-0.2, 0) is 16.1 Å². The van der Waals surface area contributed by atoms with Crippen LogP contribution in [-0.4, -0.2) is 49.0 Å². The van der Waals surface area contributed by atoms with Crippen molar-refractivity contribution in [3.8, 4) is 5.82 Å². The van der Waals surface area contributed by atoms with Crippen LogP contribution < -0.4 is 5.32 Å². The number of amides is 2. The Kier molecular flexibility index (Phi) is 4.54. The van der Waals surface area contributed by atoms with Gasteiger partial charge in [-0.05, 0) is 19.9 Å². The minimum atomic E-state index is -0.300. The minimum Gasteiger partial charge on any atom is -0.352 e. The molecule has 0 unspecified atom stereocenters. The Balaban J connectivity index is 1.65. The molecule has 0 bridgehead atoms. The zero-order valence-corrected chi connectivity index (χ0v) is 13.7. The van der Waals surface area contributed by atoms with Crippen molar-refractivity contribution in [2.24, 2.45) is 5.92 Å². The summed E-state index contributed by atoms with van der Waals surface area (Å²) in [5.74, 6) is 0.253. The Morgan fingerprint density at radius 1 is 1.46 bits per heavy atom. The smallest absolute Gasteiger partial charge is 0.225 e. The molecule has 1 N–H and O–H groups in total. The molecular formula is C16H20N6O2. The summed E-state index contributed by atoms with van der Waals surface area (Å²) in [6.45, 7) is 4.72. The highest BCUT2D eigenvalue weighted by molar-refractivity contribution is 5.89. The Bertz CT molecular complexity index is 728. The number of hydrogen-bond acceptors (Lipinski definition) is 5. The van der Waals surface area contributed by atoms with Crippen molar-refractivity contribution in [1.29, 1.82) is 0 Å². The van der Waals surface area contributed by atoms with Crippen LogP contribution >= 0.6 is 0 Å². The highest BCUT2D eigenvalue weighted by Crippen LogP contribution is 2.20. The lowest BCUT2D eigenvalue weighted by molar-refractivity contribution is -0.130. The standard InChI is InChI=1S/C16H20N6O2/c1-11(2)21-8-13(6-14(21)23)16(24)19-7-12-4-3-5-18-15(12)22-10-17-9-20-22/h3-5,9-11,13H,6-8H2,1-2H3,(H,19,24)/t13-/m0/s1. The Morgan fingerprint density at radius 2 is 2.29 bits per heavy atom. The van der Waals surface area contributed by atoms with E-state index in [4.69, 9.17) is 0 Å². The summed E-state index contributed by atoms with van der Waals surface area (Å²) >= 11 is 0. The van der Waals surface area contributed by atoms with E-state index >= 15 is 0 Å². The number of aromatic nitrogens is 4. The third-order valence-electron chi connectivity index (χ3n) is 4.11. The van der Waals surface area contributed by atoms with E-state index in [1.807, 2.05) is 26.0 Å². The van der Waals surface area contributed by atoms with Crippen LogP contribution in [0.5, 0.6) is 0 Å². The third-order valence-corrected chi connectivity index (χ3v) is 4.11. The highest BCUT2D eigenvalue weighted by Gasteiger charge is 2.35. The number of pyridine rings is 1. The average Bonchev–Trinajstić information content (AvgIpc) is 3.22. The van der Waals surface area contributed by atoms with E-state index in [1.165, 1.54) is 6.33 Å². The molecule has 126 valence electrons. The molecule has 8 nitrogen and oxygen atoms in total. The van der Waals surface area contributed by atoms with Gasteiger partial charge in [0.2, 0.25) is 11.8 Å². The number of carbonyl (C=O) groups excluding carboxylic acids is 2. The van der Waals surface area contributed by atoms with Gasteiger partial charge in [0.05, 0.1) is 5.92 Å². The van der Waals surface area contributed by atoms with Gasteiger partial charge >= 0.3 is 0 Å². The molecule has 1 aliphatic heterocycles. The van der Waals surface area contributed by atoms with Crippen LogP contribution in [0.4, 0.5) is 0 Å². The maximum Gasteiger partial charge on any atom is 0.225 e. The van der Waals surface area contributed by atoms with Gasteiger partial charge in [-0.15, -0.1) is 0 Å². The van der Waals surface area contributed by atoms with E-state index in [9.17, 15) is 9.59 Å². The number of carbonyl (C=O) groups is 2. The lowest BCUT2D eigenvalue weighted by Gasteiger charge is -2.20. The first-order valence-corrected chi connectivity index (χ1v) is 7.92. The summed E-state index contributed by atoms with van der Waals surface area (Å²) in [6.07, 6.45) is 4.93. The van der Waals surface area contributed by atoms with Gasteiger partial charge in [0, 0.05) is 37.3 Å². The van der Waals surface area contributed by atoms with Gasteiger partial charge in [-0.25, -0.2) is 14.6 Å². The zero-order chi connectivity index (χ0) is 17.1. The first-order valence-electron chi connectivity index (χ1n) is 7.92. The van der Waals surface area contributed by atoms with Gasteiger partial charge < -0.3 is 10.2 Å². The molecule has 1 saturated heterocycles. The summed E-state index contributed by atoms with van der Waals surface area (Å²) < 4.78 is 1.56. The quantitative estimate of drug-likeness (QED) is 0.864. The number of likely N-dealkylation sites (tertiary alicyclic amines) is 1. The lowest BCUT2D eigenvalue weighted by atomic mass is 10.1. The van der Waals surface area contributed by atoms with Crippen LogP contribution in [0.1, 0.15) is 25.8 Å². The summed E-state index contributed by atoms with van der Waals surface area (Å²) in [7, 11) is 0. The molecule has 1 fully saturated rings. The van der Waals surface area contributed by atoms with E-state index in [1.54, 1.807) is 22.1 Å². The Labute approximate surface area is 139 Å². The molecule has 3 rings (SSSR count). The van der Waals surface area contributed by atoms with Crippen molar-refractivity contribution < 1.29 is 9.59 Å². The molecule has 0 spiro atoms. The topological polar surface area (TPSA) is 93.0 Å². The molecule has 2 aromatic heterocycles. The van der Waals surface area contributed by atoms with Gasteiger partial charge in [-0.1, -0.05) is 6.07 Å². The SMILES string of the molecule is CC(C)N1C[C@@H](C(=O)NCc2cccnc2-n2cncn2)CC1=O. The second kappa shape index (κ2) is 6.77. The molecule has 24 heavy (non-hydrogen) atoms. The first-order chi connectivity index (χ1) is 11.6. The van der Waals surface area contributed by atoms with Gasteiger partial charge in [0.25, 0.3) is 0 Å². The molecule has 0 aromatic carbocycles. The summed E-state index contributed by atoms with van der Waals surface area (Å²) in [6, 6.07) is 3.80. The van der Waals surface area contributed by atoms with Crippen molar-refractivity contribution in [3.63, 3.8) is 0 Å². The number of nitrogens with zero attached hydrogens (tertiary/aromatic N) is 5. The number of nitrogens with one attached hydrogen (secondary N) is 1. The molecule has 2 aromatic rings. The van der Waals surface area contributed by atoms with E-state index in [-0.39, 0.29) is 30.2 Å². The number of hydrogen-bond donors (Lipinski definition) is 1. The summed E-state index contributed by atoms with van der Waals surface area (Å²) in [5, 5.41) is 6.97. The largest absolute Gasteiger partial charge is 0.352 e. The van der Waals surface area contributed by atoms with Gasteiger partial charge in [-0.3, -0.25) is 9.59 Å². The fraction of sp³-hybridized carbons (Fsp3) is 0.438. The molecule has 0 saturated carbocycles. The molecule has 1 aliphatic rings. The molecule has 0 radical (unpaired) electrons. The molecule has 0 aliphatic carbocycles. The van der Waals surface area contributed by atoms with Gasteiger partial charge in [-0.2, -0.15) is 5.10 Å². The predicted octanol–water partition coefficient (Wildman–Crippen LogP) is 0.535. The molecule has 1 atom stereocenters. The summed E-state index contributed by atoms with van der Waals surface area (Å²) in [5.41, 5.74) is 0.835. The maximum absolute atomic E-state index is 12.4. The van der Waals surface area contributed by atoms with Crippen molar-refractivity contribution in [2.75, 3.05) is 6.54 Å². The fourth-order valence-electron chi connectivity index (χ4n) is 2.83. The Hall–Kier alpha value is -2.77. The zero-order valence-electron chi connectivity index (χ0n) is 13.7. The van der Waals surface area contributed by atoms with E-state index in [0.717, 1.165) is 5.56 Å². The second-order valence-electron chi connectivity index (χ2n) is 6.08. The Morgan fingerprint density at radius 3 is 2.96 bits per heavy atom. The average molecular weight is 328 g/mol. The van der Waals surface area contributed by atoms with Crippen molar-refractivity contribution in [1.82, 2.24) is 30.0 Å². The van der Waals surface area contributed by atoms with Crippen LogP contribution in [0.25, 0.3) is 5.82 Å². The molecule has 3 heterocycles. The van der Waals surface area contributed by atoms with Gasteiger partial charge in [0.1, 0.15) is 12.7 Å². The van der Waals surface area contributed by atoms with Gasteiger partial charge in [0.15, 0.2) is 5.82 Å². The molecular weight excluding hydrogens is 308 g/mol. The second-order valence-corrected chi connectivity index (χ2v) is 6.08. The van der Waals surface area contributed by atoms with Crippen molar-refractivity contribution >= 4 is 11.8 Å². The monoisotopic (exact) mass is 328 g/mol. The minimum absolute atomic E-state index is 0.0369. The summed E-state index contributed by atoms with van der Waals surface area (Å²) in [4.78, 5) is 34.3. The van der Waals surface area contributed by atoms with E-state index in [0.29, 0.717) is 18.9 Å². The molecule has 2 amide bonds. The highest BCUT2D eigenvalue weighted by atomic mass is 16.2. The lowest BCUT2D eigenvalue weighted by Crippen LogP contribution is -2.35. The van der Waals surface area contributed by atoms with Crippen LogP contribution in [0.2, 0.25) is 0 Å². The normalized spacial score (nSPS) is 17.5. The van der Waals surface area contributed by atoms with Crippen molar-refractivity contribution in [3.05, 3.63) is 36.5 Å². The van der Waals surface area contributed by atoms with Crippen LogP contribution in [0, 0.1) is 5.92 Å². The third kappa shape index (κ3) is 3.27. The first kappa shape index (κ1) is 16.1. The van der Waals surface area contributed by atoms with Crippen molar-refractivity contribution in [2.45, 2.75) is 32.9 Å². The van der Waals surface area contributed by atoms with E-state index < -0.39 is 0 Å².